The van der Waals surface area contributed by atoms with Crippen LogP contribution in [0.3, 0.4) is 0 Å². The van der Waals surface area contributed by atoms with E-state index in [0.29, 0.717) is 0 Å². The Balaban J connectivity index is 3.89. The maximum absolute atomic E-state index is 11.1. The Bertz CT molecular complexity index is 108. The summed E-state index contributed by atoms with van der Waals surface area (Å²) in [6.45, 7) is 7.10. The Morgan fingerprint density at radius 1 is 1.50 bits per heavy atom. The molecule has 0 saturated carbocycles. The summed E-state index contributed by atoms with van der Waals surface area (Å²) in [6.07, 6.45) is 0. The lowest BCUT2D eigenvalue weighted by molar-refractivity contribution is -0.131. The van der Waals surface area contributed by atoms with Gasteiger partial charge in [0.1, 0.15) is 0 Å². The zero-order valence-electron chi connectivity index (χ0n) is 6.92. The smallest absolute Gasteiger partial charge is 0.239 e. The second kappa shape index (κ2) is 4.28. The summed E-state index contributed by atoms with van der Waals surface area (Å²) in [5.74, 6) is 0.0324. The van der Waals surface area contributed by atoms with Crippen LogP contribution in [-0.4, -0.2) is 29.9 Å². The minimum Gasteiger partial charge on any atom is -0.342 e. The van der Waals surface area contributed by atoms with Gasteiger partial charge in [-0.2, -0.15) is 0 Å². The molecule has 0 rings (SSSR count). The van der Waals surface area contributed by atoms with E-state index in [4.69, 9.17) is 5.73 Å². The Labute approximate surface area is 62.2 Å². The van der Waals surface area contributed by atoms with Gasteiger partial charge in [0.05, 0.1) is 6.04 Å². The molecule has 0 unspecified atom stereocenters. The van der Waals surface area contributed by atoms with Gasteiger partial charge < -0.3 is 10.6 Å². The maximum Gasteiger partial charge on any atom is 0.239 e. The lowest BCUT2D eigenvalue weighted by Crippen LogP contribution is -2.41. The first kappa shape index (κ1) is 9.43. The van der Waals surface area contributed by atoms with Gasteiger partial charge in [-0.3, -0.25) is 4.79 Å². The van der Waals surface area contributed by atoms with Crippen molar-refractivity contribution in [3.8, 4) is 0 Å². The normalized spacial score (nSPS) is 12.8. The van der Waals surface area contributed by atoms with Gasteiger partial charge in [-0.05, 0) is 20.8 Å². The highest BCUT2D eigenvalue weighted by atomic mass is 16.2. The van der Waals surface area contributed by atoms with Gasteiger partial charge in [-0.25, -0.2) is 0 Å². The lowest BCUT2D eigenvalue weighted by atomic mass is 10.3. The first-order valence-electron chi connectivity index (χ1n) is 3.67. The van der Waals surface area contributed by atoms with Crippen LogP contribution in [0, 0.1) is 0 Å². The van der Waals surface area contributed by atoms with Crippen molar-refractivity contribution in [1.29, 1.82) is 0 Å². The Morgan fingerprint density at radius 3 is 2.00 bits per heavy atom. The van der Waals surface area contributed by atoms with Crippen LogP contribution < -0.4 is 5.73 Å². The van der Waals surface area contributed by atoms with Gasteiger partial charge in [-0.1, -0.05) is 0 Å². The van der Waals surface area contributed by atoms with Crippen LogP contribution >= 0.6 is 0 Å². The molecule has 0 heterocycles. The zero-order valence-corrected chi connectivity index (χ0v) is 6.92. The molecule has 0 aliphatic rings. The van der Waals surface area contributed by atoms with Crippen molar-refractivity contribution in [3.63, 3.8) is 0 Å². The van der Waals surface area contributed by atoms with Crippen LogP contribution in [0.15, 0.2) is 0 Å². The van der Waals surface area contributed by atoms with Crippen LogP contribution in [0.25, 0.3) is 0 Å². The zero-order chi connectivity index (χ0) is 8.15. The SMILES string of the molecule is CCN(CC)C(=O)[C@H](C)N. The summed E-state index contributed by atoms with van der Waals surface area (Å²) >= 11 is 0. The monoisotopic (exact) mass is 144 g/mol. The molecule has 3 heteroatoms. The predicted molar refractivity (Wildman–Crippen MR) is 41.6 cm³/mol. The van der Waals surface area contributed by atoms with E-state index >= 15 is 0 Å². The van der Waals surface area contributed by atoms with Crippen LogP contribution in [-0.2, 0) is 4.79 Å². The molecule has 0 aromatic heterocycles. The standard InChI is InChI=1S/C7H16N2O/c1-4-9(5-2)7(10)6(3)8/h6H,4-5,8H2,1-3H3/t6-/m0/s1. The highest BCUT2D eigenvalue weighted by molar-refractivity contribution is 5.81. The van der Waals surface area contributed by atoms with Gasteiger partial charge in [0.25, 0.3) is 0 Å². The fourth-order valence-corrected chi connectivity index (χ4v) is 0.823. The molecule has 0 aliphatic carbocycles. The Kier molecular flexibility index (Phi) is 4.03. The number of amides is 1. The van der Waals surface area contributed by atoms with Crippen molar-refractivity contribution in [3.05, 3.63) is 0 Å². The number of nitrogens with zero attached hydrogens (tertiary/aromatic N) is 1. The van der Waals surface area contributed by atoms with Gasteiger partial charge in [0.2, 0.25) is 5.91 Å². The van der Waals surface area contributed by atoms with Crippen LogP contribution in [0.5, 0.6) is 0 Å². The average molecular weight is 144 g/mol. The Hall–Kier alpha value is -0.570. The number of hydrogen-bond donors (Lipinski definition) is 1. The lowest BCUT2D eigenvalue weighted by Gasteiger charge is -2.20. The molecule has 1 amide bonds. The summed E-state index contributed by atoms with van der Waals surface area (Å²) in [4.78, 5) is 12.8. The molecule has 1 atom stereocenters. The van der Waals surface area contributed by atoms with E-state index in [1.165, 1.54) is 0 Å². The third-order valence-electron chi connectivity index (χ3n) is 1.46. The average Bonchev–Trinajstić information content (AvgIpc) is 1.90. The summed E-state index contributed by atoms with van der Waals surface area (Å²) in [5.41, 5.74) is 5.40. The van der Waals surface area contributed by atoms with Crippen LogP contribution in [0.1, 0.15) is 20.8 Å². The Morgan fingerprint density at radius 2 is 1.90 bits per heavy atom. The molecule has 0 spiro atoms. The quantitative estimate of drug-likeness (QED) is 0.615. The third-order valence-corrected chi connectivity index (χ3v) is 1.46. The molecule has 0 radical (unpaired) electrons. The van der Waals surface area contributed by atoms with E-state index in [-0.39, 0.29) is 11.9 Å². The molecule has 60 valence electrons. The van der Waals surface area contributed by atoms with Gasteiger partial charge in [0, 0.05) is 13.1 Å². The second-order valence-electron chi connectivity index (χ2n) is 2.30. The molecule has 0 aromatic carbocycles. The van der Waals surface area contributed by atoms with Gasteiger partial charge in [0.15, 0.2) is 0 Å². The minimum atomic E-state index is -0.361. The predicted octanol–water partition coefficient (Wildman–Crippen LogP) is 0.202. The van der Waals surface area contributed by atoms with Crippen molar-refractivity contribution >= 4 is 5.91 Å². The second-order valence-corrected chi connectivity index (χ2v) is 2.30. The number of likely N-dealkylation sites (N-methyl/N-ethyl adjacent to an activating group) is 1. The van der Waals surface area contributed by atoms with Crippen LogP contribution in [0.2, 0.25) is 0 Å². The highest BCUT2D eigenvalue weighted by Crippen LogP contribution is 1.90. The fraction of sp³-hybridized carbons (Fsp3) is 0.857. The molecular weight excluding hydrogens is 128 g/mol. The van der Waals surface area contributed by atoms with E-state index in [1.807, 2.05) is 13.8 Å². The molecule has 2 N–H and O–H groups in total. The van der Waals surface area contributed by atoms with Crippen molar-refractivity contribution in [2.75, 3.05) is 13.1 Å². The van der Waals surface area contributed by atoms with E-state index < -0.39 is 0 Å². The van der Waals surface area contributed by atoms with Crippen molar-refractivity contribution < 1.29 is 4.79 Å². The van der Waals surface area contributed by atoms with E-state index in [0.717, 1.165) is 13.1 Å². The third kappa shape index (κ3) is 2.35. The van der Waals surface area contributed by atoms with Crippen molar-refractivity contribution in [2.45, 2.75) is 26.8 Å². The summed E-state index contributed by atoms with van der Waals surface area (Å²) in [5, 5.41) is 0. The molecule has 0 aromatic rings. The van der Waals surface area contributed by atoms with E-state index in [9.17, 15) is 4.79 Å². The van der Waals surface area contributed by atoms with Crippen LogP contribution in [0.4, 0.5) is 0 Å². The highest BCUT2D eigenvalue weighted by Gasteiger charge is 2.12. The summed E-state index contributed by atoms with van der Waals surface area (Å²) in [6, 6.07) is -0.361. The maximum atomic E-state index is 11.1. The topological polar surface area (TPSA) is 46.3 Å². The summed E-state index contributed by atoms with van der Waals surface area (Å²) < 4.78 is 0. The fourth-order valence-electron chi connectivity index (χ4n) is 0.823. The number of rotatable bonds is 3. The van der Waals surface area contributed by atoms with Crippen molar-refractivity contribution in [1.82, 2.24) is 4.90 Å². The molecule has 0 saturated heterocycles. The molecule has 3 nitrogen and oxygen atoms in total. The van der Waals surface area contributed by atoms with Gasteiger partial charge in [-0.15, -0.1) is 0 Å². The molecule has 10 heavy (non-hydrogen) atoms. The molecule has 0 bridgehead atoms. The first-order valence-corrected chi connectivity index (χ1v) is 3.67. The van der Waals surface area contributed by atoms with E-state index in [2.05, 4.69) is 0 Å². The number of carbonyl (C=O) groups is 1. The largest absolute Gasteiger partial charge is 0.342 e. The summed E-state index contributed by atoms with van der Waals surface area (Å²) in [7, 11) is 0. The van der Waals surface area contributed by atoms with Gasteiger partial charge >= 0.3 is 0 Å². The number of carbonyl (C=O) groups excluding carboxylic acids is 1. The molecular formula is C7H16N2O. The van der Waals surface area contributed by atoms with Crippen molar-refractivity contribution in [2.24, 2.45) is 5.73 Å². The van der Waals surface area contributed by atoms with E-state index in [1.54, 1.807) is 11.8 Å². The number of hydrogen-bond acceptors (Lipinski definition) is 2. The molecule has 0 aliphatic heterocycles. The molecule has 0 fully saturated rings. The first-order chi connectivity index (χ1) is 4.63. The minimum absolute atomic E-state index is 0.0324. The number of nitrogens with two attached hydrogens (primary N) is 1.